The summed E-state index contributed by atoms with van der Waals surface area (Å²) < 4.78 is 0. The number of unbranched alkanes of at least 4 members (excludes halogenated alkanes) is 2. The Morgan fingerprint density at radius 2 is 1.46 bits per heavy atom. The molecule has 1 heteroatoms. The van der Waals surface area contributed by atoms with Gasteiger partial charge in [0.1, 0.15) is 0 Å². The molecule has 0 aromatic heterocycles. The first-order valence-corrected chi connectivity index (χ1v) is 11.6. The molecule has 0 radical (unpaired) electrons. The third-order valence-electron chi connectivity index (χ3n) is 3.31. The maximum atomic E-state index is 2.65. The number of allylic oxidation sites excluding steroid dienone is 1. The van der Waals surface area contributed by atoms with Gasteiger partial charge in [-0.25, -0.2) is 0 Å². The summed E-state index contributed by atoms with van der Waals surface area (Å²) >= 11 is -1.45. The molecule has 0 aromatic rings. The SMILES string of the molecule is CCCC/C=[CH]/[Ge]([CH2]C)([CH2]C)[CH2]C. The van der Waals surface area contributed by atoms with Gasteiger partial charge in [0.05, 0.1) is 0 Å². The molecule has 13 heavy (non-hydrogen) atoms. The summed E-state index contributed by atoms with van der Waals surface area (Å²) in [5.41, 5.74) is 0. The first kappa shape index (κ1) is 13.3. The fourth-order valence-corrected chi connectivity index (χ4v) is 7.79. The summed E-state index contributed by atoms with van der Waals surface area (Å²) in [6, 6.07) is 0. The van der Waals surface area contributed by atoms with Crippen LogP contribution in [0.2, 0.25) is 15.8 Å². The number of hydrogen-bond donors (Lipinski definition) is 0. The summed E-state index contributed by atoms with van der Waals surface area (Å²) in [4.78, 5) is 2.65. The van der Waals surface area contributed by atoms with Gasteiger partial charge in [-0.2, -0.15) is 0 Å². The van der Waals surface area contributed by atoms with Crippen LogP contribution < -0.4 is 0 Å². The van der Waals surface area contributed by atoms with Crippen molar-refractivity contribution < 1.29 is 0 Å². The number of rotatable bonds is 7. The second-order valence-electron chi connectivity index (χ2n) is 3.97. The van der Waals surface area contributed by atoms with E-state index in [0.717, 1.165) is 0 Å². The first-order valence-electron chi connectivity index (χ1n) is 5.92. The van der Waals surface area contributed by atoms with Crippen molar-refractivity contribution in [1.82, 2.24) is 0 Å². The van der Waals surface area contributed by atoms with Gasteiger partial charge in [-0.3, -0.25) is 0 Å². The van der Waals surface area contributed by atoms with Crippen LogP contribution >= 0.6 is 0 Å². The fourth-order valence-electron chi connectivity index (χ4n) is 1.76. The van der Waals surface area contributed by atoms with Crippen molar-refractivity contribution in [3.63, 3.8) is 0 Å². The molecule has 0 saturated carbocycles. The van der Waals surface area contributed by atoms with Gasteiger partial charge < -0.3 is 0 Å². The fraction of sp³-hybridized carbons (Fsp3) is 0.833. The normalized spacial score (nSPS) is 12.6. The molecule has 0 atom stereocenters. The van der Waals surface area contributed by atoms with Crippen LogP contribution in [0.1, 0.15) is 47.0 Å². The van der Waals surface area contributed by atoms with Crippen molar-refractivity contribution in [2.45, 2.75) is 62.7 Å². The average Bonchev–Trinajstić information content (AvgIpc) is 2.20. The predicted molar refractivity (Wildman–Crippen MR) is 65.9 cm³/mol. The second kappa shape index (κ2) is 7.66. The Morgan fingerprint density at radius 1 is 0.923 bits per heavy atom. The summed E-state index contributed by atoms with van der Waals surface area (Å²) in [6.45, 7) is 9.42. The van der Waals surface area contributed by atoms with Gasteiger partial charge in [0.15, 0.2) is 0 Å². The summed E-state index contributed by atoms with van der Waals surface area (Å²) in [6.07, 6.45) is 6.48. The zero-order valence-corrected chi connectivity index (χ0v) is 12.0. The Bertz CT molecular complexity index is 126. The Kier molecular flexibility index (Phi) is 7.83. The Hall–Kier alpha value is 0.283. The molecule has 0 unspecified atom stereocenters. The monoisotopic (exact) mass is 244 g/mol. The molecule has 0 nitrogen and oxygen atoms in total. The summed E-state index contributed by atoms with van der Waals surface area (Å²) in [7, 11) is 0. The van der Waals surface area contributed by atoms with Gasteiger partial charge in [0.25, 0.3) is 0 Å². The zero-order valence-electron chi connectivity index (χ0n) is 9.90. The molecular formula is C12H26Ge. The van der Waals surface area contributed by atoms with Crippen molar-refractivity contribution in [3.05, 3.63) is 11.0 Å². The third kappa shape index (κ3) is 4.90. The molecule has 0 spiro atoms. The minimum atomic E-state index is -1.45. The zero-order chi connectivity index (χ0) is 10.2. The van der Waals surface area contributed by atoms with E-state index >= 15 is 0 Å². The molecule has 0 fully saturated rings. The molecule has 0 saturated heterocycles. The van der Waals surface area contributed by atoms with Gasteiger partial charge >= 0.3 is 87.0 Å². The quantitative estimate of drug-likeness (QED) is 0.445. The maximum absolute atomic E-state index is 2.65. The molecule has 0 aliphatic rings. The van der Waals surface area contributed by atoms with E-state index in [4.69, 9.17) is 0 Å². The Balaban J connectivity index is 4.00. The van der Waals surface area contributed by atoms with Gasteiger partial charge in [0.2, 0.25) is 0 Å². The van der Waals surface area contributed by atoms with Crippen LogP contribution in [0, 0.1) is 0 Å². The Labute approximate surface area is 87.2 Å². The van der Waals surface area contributed by atoms with Gasteiger partial charge in [-0.05, 0) is 0 Å². The van der Waals surface area contributed by atoms with Crippen LogP contribution in [0.4, 0.5) is 0 Å². The predicted octanol–water partition coefficient (Wildman–Crippen LogP) is 4.78. The molecule has 0 N–H and O–H groups in total. The van der Waals surface area contributed by atoms with Gasteiger partial charge in [-0.1, -0.05) is 0 Å². The van der Waals surface area contributed by atoms with Crippen molar-refractivity contribution in [1.29, 1.82) is 0 Å². The number of hydrogen-bond acceptors (Lipinski definition) is 0. The van der Waals surface area contributed by atoms with E-state index in [-0.39, 0.29) is 0 Å². The topological polar surface area (TPSA) is 0 Å². The van der Waals surface area contributed by atoms with Crippen LogP contribution in [-0.4, -0.2) is 13.3 Å². The van der Waals surface area contributed by atoms with Gasteiger partial charge in [0, 0.05) is 0 Å². The van der Waals surface area contributed by atoms with Crippen molar-refractivity contribution in [3.8, 4) is 0 Å². The standard InChI is InChI=1S/C12H26Ge/c1-5-9-10-11-12-13(6-2,7-3)8-4/h11-12H,5-10H2,1-4H3/b12-11+. The van der Waals surface area contributed by atoms with Crippen LogP contribution in [0.15, 0.2) is 11.0 Å². The van der Waals surface area contributed by atoms with E-state index in [9.17, 15) is 0 Å². The molecule has 0 heterocycles. The van der Waals surface area contributed by atoms with E-state index in [1.54, 1.807) is 0 Å². The van der Waals surface area contributed by atoms with Crippen molar-refractivity contribution >= 4 is 13.3 Å². The molecule has 0 bridgehead atoms. The van der Waals surface area contributed by atoms with Crippen LogP contribution in [0.25, 0.3) is 0 Å². The summed E-state index contributed by atoms with van der Waals surface area (Å²) in [5, 5.41) is 4.40. The molecule has 0 amide bonds. The van der Waals surface area contributed by atoms with Crippen molar-refractivity contribution in [2.75, 3.05) is 0 Å². The Morgan fingerprint density at radius 3 is 1.85 bits per heavy atom. The van der Waals surface area contributed by atoms with Crippen molar-refractivity contribution in [2.24, 2.45) is 0 Å². The van der Waals surface area contributed by atoms with Gasteiger partial charge in [-0.15, -0.1) is 0 Å². The van der Waals surface area contributed by atoms with E-state index in [2.05, 4.69) is 38.7 Å². The van der Waals surface area contributed by atoms with E-state index in [1.165, 1.54) is 35.0 Å². The van der Waals surface area contributed by atoms with Crippen LogP contribution in [-0.2, 0) is 0 Å². The van der Waals surface area contributed by atoms with E-state index in [1.807, 2.05) is 0 Å². The van der Waals surface area contributed by atoms with E-state index in [0.29, 0.717) is 0 Å². The summed E-state index contributed by atoms with van der Waals surface area (Å²) in [5.74, 6) is 0. The average molecular weight is 243 g/mol. The molecule has 78 valence electrons. The third-order valence-corrected chi connectivity index (χ3v) is 14.2. The molecular weight excluding hydrogens is 217 g/mol. The van der Waals surface area contributed by atoms with E-state index < -0.39 is 13.3 Å². The second-order valence-corrected chi connectivity index (χ2v) is 14.8. The molecule has 0 rings (SSSR count). The van der Waals surface area contributed by atoms with Crippen LogP contribution in [0.5, 0.6) is 0 Å². The first-order chi connectivity index (χ1) is 6.24. The molecule has 0 aliphatic carbocycles. The minimum absolute atomic E-state index is 1.31. The molecule has 0 aromatic carbocycles. The molecule has 0 aliphatic heterocycles. The van der Waals surface area contributed by atoms with Crippen LogP contribution in [0.3, 0.4) is 0 Å².